The Balaban J connectivity index is 1.42. The van der Waals surface area contributed by atoms with Gasteiger partial charge in [0.25, 0.3) is 0 Å². The SMILES string of the molecule is Cc1noc(C)c1CN1C[C@]2(CCN(CC3CC3)C2)CC1=O. The summed E-state index contributed by atoms with van der Waals surface area (Å²) in [7, 11) is 0. The normalized spacial score (nSPS) is 29.2. The second-order valence-corrected chi connectivity index (χ2v) is 7.66. The Labute approximate surface area is 131 Å². The lowest BCUT2D eigenvalue weighted by atomic mass is 9.86. The topological polar surface area (TPSA) is 49.6 Å². The number of carbonyl (C=O) groups excluding carboxylic acids is 1. The van der Waals surface area contributed by atoms with Crippen LogP contribution in [0.2, 0.25) is 0 Å². The molecular weight excluding hydrogens is 278 g/mol. The first-order chi connectivity index (χ1) is 10.5. The van der Waals surface area contributed by atoms with Crippen LogP contribution in [0.25, 0.3) is 0 Å². The Hall–Kier alpha value is -1.36. The van der Waals surface area contributed by atoms with E-state index in [1.54, 1.807) is 0 Å². The van der Waals surface area contributed by atoms with Crippen LogP contribution in [-0.4, -0.2) is 47.0 Å². The predicted octanol–water partition coefficient (Wildman–Crippen LogP) is 2.13. The van der Waals surface area contributed by atoms with Gasteiger partial charge < -0.3 is 14.3 Å². The molecule has 0 aromatic carbocycles. The molecule has 3 fully saturated rings. The van der Waals surface area contributed by atoms with Gasteiger partial charge in [0.05, 0.1) is 12.2 Å². The van der Waals surface area contributed by atoms with E-state index in [2.05, 4.69) is 10.1 Å². The van der Waals surface area contributed by atoms with Gasteiger partial charge in [0.15, 0.2) is 0 Å². The quantitative estimate of drug-likeness (QED) is 0.855. The zero-order chi connectivity index (χ0) is 15.3. The first kappa shape index (κ1) is 14.2. The van der Waals surface area contributed by atoms with Gasteiger partial charge >= 0.3 is 0 Å². The van der Waals surface area contributed by atoms with E-state index in [-0.39, 0.29) is 5.41 Å². The van der Waals surface area contributed by atoms with Crippen LogP contribution in [0, 0.1) is 25.2 Å². The summed E-state index contributed by atoms with van der Waals surface area (Å²) in [5.74, 6) is 2.08. The average Bonchev–Trinajstić information content (AvgIpc) is 3.02. The van der Waals surface area contributed by atoms with E-state index in [9.17, 15) is 4.79 Å². The molecule has 5 nitrogen and oxygen atoms in total. The van der Waals surface area contributed by atoms with Crippen LogP contribution in [0.1, 0.15) is 42.7 Å². The van der Waals surface area contributed by atoms with Crippen molar-refractivity contribution in [1.29, 1.82) is 0 Å². The zero-order valence-electron chi connectivity index (χ0n) is 13.6. The molecule has 1 aromatic rings. The molecule has 0 N–H and O–H groups in total. The molecule has 22 heavy (non-hydrogen) atoms. The maximum Gasteiger partial charge on any atom is 0.223 e. The Morgan fingerprint density at radius 1 is 1.32 bits per heavy atom. The summed E-state index contributed by atoms with van der Waals surface area (Å²) in [6.45, 7) is 8.96. The number of likely N-dealkylation sites (tertiary alicyclic amines) is 2. The van der Waals surface area contributed by atoms with E-state index in [1.807, 2.05) is 18.7 Å². The number of hydrogen-bond acceptors (Lipinski definition) is 4. The number of nitrogens with zero attached hydrogens (tertiary/aromatic N) is 3. The molecule has 1 atom stereocenters. The molecule has 2 aliphatic heterocycles. The predicted molar refractivity (Wildman–Crippen MR) is 82.2 cm³/mol. The fourth-order valence-corrected chi connectivity index (χ4v) is 4.17. The summed E-state index contributed by atoms with van der Waals surface area (Å²) in [5.41, 5.74) is 2.19. The van der Waals surface area contributed by atoms with Gasteiger partial charge in [-0.25, -0.2) is 0 Å². The number of hydrogen-bond donors (Lipinski definition) is 0. The Kier molecular flexibility index (Phi) is 3.29. The largest absolute Gasteiger partial charge is 0.361 e. The Morgan fingerprint density at radius 3 is 2.82 bits per heavy atom. The minimum Gasteiger partial charge on any atom is -0.361 e. The van der Waals surface area contributed by atoms with Crippen LogP contribution >= 0.6 is 0 Å². The van der Waals surface area contributed by atoms with Gasteiger partial charge in [-0.3, -0.25) is 4.79 Å². The number of aromatic nitrogens is 1. The Morgan fingerprint density at radius 2 is 2.14 bits per heavy atom. The molecule has 0 radical (unpaired) electrons. The summed E-state index contributed by atoms with van der Waals surface area (Å²) in [6, 6.07) is 0. The molecule has 3 heterocycles. The van der Waals surface area contributed by atoms with Gasteiger partial charge in [-0.2, -0.15) is 0 Å². The molecule has 1 saturated carbocycles. The molecule has 0 bridgehead atoms. The molecule has 2 saturated heterocycles. The summed E-state index contributed by atoms with van der Waals surface area (Å²) in [4.78, 5) is 17.1. The second kappa shape index (κ2) is 5.08. The van der Waals surface area contributed by atoms with Crippen LogP contribution in [0.15, 0.2) is 4.52 Å². The molecule has 1 aliphatic carbocycles. The van der Waals surface area contributed by atoms with E-state index in [0.717, 1.165) is 42.4 Å². The monoisotopic (exact) mass is 303 g/mol. The molecule has 0 unspecified atom stereocenters. The molecule has 1 spiro atoms. The fourth-order valence-electron chi connectivity index (χ4n) is 4.17. The Bertz CT molecular complexity index is 573. The van der Waals surface area contributed by atoms with Gasteiger partial charge in [-0.05, 0) is 45.6 Å². The molecule has 1 amide bonds. The third kappa shape index (κ3) is 2.56. The van der Waals surface area contributed by atoms with Crippen molar-refractivity contribution in [3.05, 3.63) is 17.0 Å². The van der Waals surface area contributed by atoms with Crippen molar-refractivity contribution >= 4 is 5.91 Å². The van der Waals surface area contributed by atoms with Gasteiger partial charge in [0.2, 0.25) is 5.91 Å². The lowest BCUT2D eigenvalue weighted by Crippen LogP contribution is -2.32. The maximum atomic E-state index is 12.5. The molecule has 120 valence electrons. The van der Waals surface area contributed by atoms with Gasteiger partial charge in [0, 0.05) is 37.0 Å². The minimum atomic E-state index is 0.199. The summed E-state index contributed by atoms with van der Waals surface area (Å²) in [5, 5.41) is 4.00. The van der Waals surface area contributed by atoms with Crippen LogP contribution in [-0.2, 0) is 11.3 Å². The average molecular weight is 303 g/mol. The third-order valence-electron chi connectivity index (χ3n) is 5.67. The van der Waals surface area contributed by atoms with E-state index >= 15 is 0 Å². The molecular formula is C17H25N3O2. The lowest BCUT2D eigenvalue weighted by molar-refractivity contribution is -0.128. The number of rotatable bonds is 4. The van der Waals surface area contributed by atoms with Crippen molar-refractivity contribution < 1.29 is 9.32 Å². The van der Waals surface area contributed by atoms with Gasteiger partial charge in [0.1, 0.15) is 5.76 Å². The smallest absolute Gasteiger partial charge is 0.223 e. The first-order valence-electron chi connectivity index (χ1n) is 8.47. The van der Waals surface area contributed by atoms with Crippen molar-refractivity contribution in [3.63, 3.8) is 0 Å². The highest BCUT2D eigenvalue weighted by molar-refractivity contribution is 5.79. The third-order valence-corrected chi connectivity index (χ3v) is 5.67. The van der Waals surface area contributed by atoms with Crippen LogP contribution in [0.5, 0.6) is 0 Å². The van der Waals surface area contributed by atoms with Crippen LogP contribution < -0.4 is 0 Å². The lowest BCUT2D eigenvalue weighted by Gasteiger charge is -2.24. The first-order valence-corrected chi connectivity index (χ1v) is 8.47. The molecule has 3 aliphatic rings. The van der Waals surface area contributed by atoms with Crippen molar-refractivity contribution in [3.8, 4) is 0 Å². The van der Waals surface area contributed by atoms with Crippen molar-refractivity contribution in [1.82, 2.24) is 15.0 Å². The number of carbonyl (C=O) groups is 1. The van der Waals surface area contributed by atoms with E-state index in [0.29, 0.717) is 12.5 Å². The molecule has 4 rings (SSSR count). The van der Waals surface area contributed by atoms with Crippen molar-refractivity contribution in [2.24, 2.45) is 11.3 Å². The maximum absolute atomic E-state index is 12.5. The van der Waals surface area contributed by atoms with E-state index in [4.69, 9.17) is 4.52 Å². The summed E-state index contributed by atoms with van der Waals surface area (Å²) in [6.07, 6.45) is 4.70. The van der Waals surface area contributed by atoms with Crippen molar-refractivity contribution in [2.45, 2.75) is 46.1 Å². The van der Waals surface area contributed by atoms with E-state index in [1.165, 1.54) is 32.4 Å². The highest BCUT2D eigenvalue weighted by atomic mass is 16.5. The van der Waals surface area contributed by atoms with Crippen LogP contribution in [0.3, 0.4) is 0 Å². The number of amides is 1. The van der Waals surface area contributed by atoms with Gasteiger partial charge in [-0.1, -0.05) is 5.16 Å². The number of aryl methyl sites for hydroxylation is 2. The molecule has 5 heteroatoms. The van der Waals surface area contributed by atoms with Crippen molar-refractivity contribution in [2.75, 3.05) is 26.2 Å². The van der Waals surface area contributed by atoms with Gasteiger partial charge in [-0.15, -0.1) is 0 Å². The highest BCUT2D eigenvalue weighted by Gasteiger charge is 2.48. The summed E-state index contributed by atoms with van der Waals surface area (Å²) >= 11 is 0. The summed E-state index contributed by atoms with van der Waals surface area (Å²) < 4.78 is 5.23. The highest BCUT2D eigenvalue weighted by Crippen LogP contribution is 2.42. The second-order valence-electron chi connectivity index (χ2n) is 7.66. The van der Waals surface area contributed by atoms with E-state index < -0.39 is 0 Å². The molecule has 1 aromatic heterocycles. The van der Waals surface area contributed by atoms with Crippen LogP contribution in [0.4, 0.5) is 0 Å². The standard InChI is InChI=1S/C17H25N3O2/c1-12-15(13(2)22-18-12)9-20-11-17(7-16(20)21)5-6-19(10-17)8-14-3-4-14/h14H,3-11H2,1-2H3/t17-/m1/s1. The fraction of sp³-hybridized carbons (Fsp3) is 0.765. The minimum absolute atomic E-state index is 0.199. The zero-order valence-corrected chi connectivity index (χ0v) is 13.6.